The molecule has 1 aliphatic rings. The van der Waals surface area contributed by atoms with Crippen LogP contribution in [0.5, 0.6) is 0 Å². The summed E-state index contributed by atoms with van der Waals surface area (Å²) in [5, 5.41) is 9.21. The number of carbonyl (C=O) groups is 1. The van der Waals surface area contributed by atoms with Crippen molar-refractivity contribution in [1.29, 1.82) is 0 Å². The van der Waals surface area contributed by atoms with Crippen molar-refractivity contribution in [1.82, 2.24) is 16.0 Å². The number of rotatable bonds is 7. The van der Waals surface area contributed by atoms with E-state index in [-0.39, 0.29) is 5.91 Å². The molecule has 32 heavy (non-hydrogen) atoms. The van der Waals surface area contributed by atoms with E-state index in [0.29, 0.717) is 45.1 Å². The molecule has 0 radical (unpaired) electrons. The van der Waals surface area contributed by atoms with Gasteiger partial charge in [-0.25, -0.2) is 4.99 Å². The molecule has 0 spiro atoms. The van der Waals surface area contributed by atoms with Crippen LogP contribution >= 0.6 is 0 Å². The second-order valence-electron chi connectivity index (χ2n) is 7.50. The predicted octanol–water partition coefficient (Wildman–Crippen LogP) is 2.94. The molecule has 6 nitrogen and oxygen atoms in total. The van der Waals surface area contributed by atoms with E-state index in [1.54, 1.807) is 0 Å². The van der Waals surface area contributed by atoms with Gasteiger partial charge in [-0.05, 0) is 48.7 Å². The highest BCUT2D eigenvalue weighted by molar-refractivity contribution is 5.82. The summed E-state index contributed by atoms with van der Waals surface area (Å²) in [6.45, 7) is 5.50. The molecule has 1 heterocycles. The summed E-state index contributed by atoms with van der Waals surface area (Å²) in [5.74, 6) is 0.679. The van der Waals surface area contributed by atoms with Crippen LogP contribution in [0.15, 0.2) is 53.5 Å². The standard InChI is InChI=1S/C23H28F3N5O/c1-2-27-22(29-12-11-17-3-7-19(8-4-17)23(24,25)26)30-15-18-5-9-20(10-6-18)31-14-13-28-21(32)16-31/h3-10H,2,11-16H2,1H3,(H,28,32)(H2,27,29,30). The summed E-state index contributed by atoms with van der Waals surface area (Å²) in [6, 6.07) is 13.2. The van der Waals surface area contributed by atoms with E-state index < -0.39 is 11.7 Å². The van der Waals surface area contributed by atoms with Crippen molar-refractivity contribution < 1.29 is 18.0 Å². The minimum Gasteiger partial charge on any atom is -0.360 e. The molecule has 2 aromatic rings. The number of aliphatic imine (C=N–C) groups is 1. The Labute approximate surface area is 185 Å². The molecule has 1 fully saturated rings. The third-order valence-corrected chi connectivity index (χ3v) is 5.09. The lowest BCUT2D eigenvalue weighted by molar-refractivity contribution is -0.137. The van der Waals surface area contributed by atoms with E-state index in [0.717, 1.165) is 35.5 Å². The highest BCUT2D eigenvalue weighted by Crippen LogP contribution is 2.29. The first kappa shape index (κ1) is 23.4. The van der Waals surface area contributed by atoms with Crippen molar-refractivity contribution in [3.63, 3.8) is 0 Å². The Balaban J connectivity index is 1.51. The van der Waals surface area contributed by atoms with Gasteiger partial charge in [0.15, 0.2) is 5.96 Å². The number of halogens is 3. The summed E-state index contributed by atoms with van der Waals surface area (Å²) in [5.41, 5.74) is 2.23. The number of nitrogens with one attached hydrogen (secondary N) is 3. The van der Waals surface area contributed by atoms with Crippen molar-refractivity contribution in [2.45, 2.75) is 26.1 Å². The normalized spacial score (nSPS) is 14.8. The van der Waals surface area contributed by atoms with Gasteiger partial charge in [-0.1, -0.05) is 24.3 Å². The average Bonchev–Trinajstić information content (AvgIpc) is 2.77. The topological polar surface area (TPSA) is 68.8 Å². The zero-order valence-electron chi connectivity index (χ0n) is 18.0. The van der Waals surface area contributed by atoms with Crippen LogP contribution in [0.3, 0.4) is 0 Å². The van der Waals surface area contributed by atoms with Gasteiger partial charge in [0.05, 0.1) is 18.7 Å². The fourth-order valence-electron chi connectivity index (χ4n) is 3.37. The van der Waals surface area contributed by atoms with Crippen LogP contribution in [0.1, 0.15) is 23.6 Å². The smallest absolute Gasteiger partial charge is 0.360 e. The molecule has 0 saturated carbocycles. The second kappa shape index (κ2) is 10.9. The molecule has 0 unspecified atom stereocenters. The monoisotopic (exact) mass is 447 g/mol. The van der Waals surface area contributed by atoms with Gasteiger partial charge in [0.25, 0.3) is 0 Å². The lowest BCUT2D eigenvalue weighted by atomic mass is 10.1. The number of piperazine rings is 1. The summed E-state index contributed by atoms with van der Waals surface area (Å²) in [6.07, 6.45) is -3.73. The van der Waals surface area contributed by atoms with E-state index >= 15 is 0 Å². The van der Waals surface area contributed by atoms with E-state index in [2.05, 4.69) is 20.9 Å². The third kappa shape index (κ3) is 6.90. The first-order chi connectivity index (χ1) is 15.3. The molecule has 9 heteroatoms. The largest absolute Gasteiger partial charge is 0.416 e. The molecule has 0 aliphatic carbocycles. The summed E-state index contributed by atoms with van der Waals surface area (Å²) in [4.78, 5) is 18.2. The average molecular weight is 448 g/mol. The van der Waals surface area contributed by atoms with Gasteiger partial charge >= 0.3 is 6.18 Å². The first-order valence-corrected chi connectivity index (χ1v) is 10.6. The van der Waals surface area contributed by atoms with Gasteiger partial charge < -0.3 is 20.9 Å². The Hall–Kier alpha value is -3.23. The van der Waals surface area contributed by atoms with Crippen LogP contribution in [0, 0.1) is 0 Å². The van der Waals surface area contributed by atoms with Gasteiger partial charge in [-0.2, -0.15) is 13.2 Å². The van der Waals surface area contributed by atoms with Crippen molar-refractivity contribution in [2.75, 3.05) is 37.6 Å². The maximum Gasteiger partial charge on any atom is 0.416 e. The highest BCUT2D eigenvalue weighted by Gasteiger charge is 2.29. The number of hydrogen-bond acceptors (Lipinski definition) is 3. The molecule has 1 aliphatic heterocycles. The SMILES string of the molecule is CCNC(=NCc1ccc(N2CCNC(=O)C2)cc1)NCCc1ccc(C(F)(F)F)cc1. The molecule has 0 atom stereocenters. The first-order valence-electron chi connectivity index (χ1n) is 10.6. The van der Waals surface area contributed by atoms with E-state index in [1.165, 1.54) is 12.1 Å². The maximum absolute atomic E-state index is 12.7. The Morgan fingerprint density at radius 2 is 1.75 bits per heavy atom. The number of nitrogens with zero attached hydrogens (tertiary/aromatic N) is 2. The van der Waals surface area contributed by atoms with Gasteiger partial charge in [-0.3, -0.25) is 4.79 Å². The fourth-order valence-corrected chi connectivity index (χ4v) is 3.37. The van der Waals surface area contributed by atoms with Crippen molar-refractivity contribution in [3.05, 3.63) is 65.2 Å². The van der Waals surface area contributed by atoms with Crippen molar-refractivity contribution in [2.24, 2.45) is 4.99 Å². The molecule has 1 amide bonds. The summed E-state index contributed by atoms with van der Waals surface area (Å²) < 4.78 is 38.0. The fraction of sp³-hybridized carbons (Fsp3) is 0.391. The molecule has 2 aromatic carbocycles. The second-order valence-corrected chi connectivity index (χ2v) is 7.50. The van der Waals surface area contributed by atoms with Crippen LogP contribution in [-0.4, -0.2) is 44.6 Å². The zero-order valence-corrected chi connectivity index (χ0v) is 18.0. The lowest BCUT2D eigenvalue weighted by Crippen LogP contribution is -2.47. The molecule has 3 N–H and O–H groups in total. The van der Waals surface area contributed by atoms with E-state index in [1.807, 2.05) is 36.1 Å². The Kier molecular flexibility index (Phi) is 7.97. The molecule has 1 saturated heterocycles. The van der Waals surface area contributed by atoms with Gasteiger partial charge in [0.2, 0.25) is 5.91 Å². The molecule has 0 bridgehead atoms. The van der Waals surface area contributed by atoms with Crippen LogP contribution in [0.4, 0.5) is 18.9 Å². The summed E-state index contributed by atoms with van der Waals surface area (Å²) >= 11 is 0. The third-order valence-electron chi connectivity index (χ3n) is 5.09. The predicted molar refractivity (Wildman–Crippen MR) is 120 cm³/mol. The van der Waals surface area contributed by atoms with E-state index in [4.69, 9.17) is 0 Å². The van der Waals surface area contributed by atoms with Crippen LogP contribution in [0.25, 0.3) is 0 Å². The number of alkyl halides is 3. The molecular weight excluding hydrogens is 419 g/mol. The molecule has 0 aromatic heterocycles. The van der Waals surface area contributed by atoms with Crippen LogP contribution < -0.4 is 20.9 Å². The van der Waals surface area contributed by atoms with Crippen molar-refractivity contribution >= 4 is 17.6 Å². The number of benzene rings is 2. The number of carbonyl (C=O) groups excluding carboxylic acids is 1. The van der Waals surface area contributed by atoms with Crippen molar-refractivity contribution in [3.8, 4) is 0 Å². The minimum absolute atomic E-state index is 0.0302. The van der Waals surface area contributed by atoms with Crippen LogP contribution in [-0.2, 0) is 23.9 Å². The maximum atomic E-state index is 12.7. The van der Waals surface area contributed by atoms with Crippen LogP contribution in [0.2, 0.25) is 0 Å². The van der Waals surface area contributed by atoms with Gasteiger partial charge in [0.1, 0.15) is 0 Å². The summed E-state index contributed by atoms with van der Waals surface area (Å²) in [7, 11) is 0. The quantitative estimate of drug-likeness (QED) is 0.451. The van der Waals surface area contributed by atoms with E-state index in [9.17, 15) is 18.0 Å². The number of anilines is 1. The molecule has 172 valence electrons. The number of guanidine groups is 1. The lowest BCUT2D eigenvalue weighted by Gasteiger charge is -2.28. The number of amides is 1. The minimum atomic E-state index is -4.32. The number of hydrogen-bond donors (Lipinski definition) is 3. The molecular formula is C23H28F3N5O. The zero-order chi connectivity index (χ0) is 23.0. The Bertz CT molecular complexity index is 911. The van der Waals surface area contributed by atoms with Gasteiger partial charge in [0, 0.05) is 31.9 Å². The van der Waals surface area contributed by atoms with Gasteiger partial charge in [-0.15, -0.1) is 0 Å². The molecule has 3 rings (SSSR count). The highest BCUT2D eigenvalue weighted by atomic mass is 19.4. The Morgan fingerprint density at radius 3 is 2.38 bits per heavy atom. The Morgan fingerprint density at radius 1 is 1.06 bits per heavy atom.